The Bertz CT molecular complexity index is 436. The van der Waals surface area contributed by atoms with Crippen molar-refractivity contribution in [2.75, 3.05) is 11.1 Å². The van der Waals surface area contributed by atoms with Crippen LogP contribution in [0.25, 0.3) is 0 Å². The van der Waals surface area contributed by atoms with Crippen LogP contribution in [0.2, 0.25) is 5.02 Å². The summed E-state index contributed by atoms with van der Waals surface area (Å²) in [5.74, 6) is 0. The number of nitrogens with zero attached hydrogens (tertiary/aromatic N) is 1. The van der Waals surface area contributed by atoms with E-state index >= 15 is 0 Å². The molecule has 0 unspecified atom stereocenters. The van der Waals surface area contributed by atoms with Crippen molar-refractivity contribution in [1.82, 2.24) is 4.98 Å². The predicted octanol–water partition coefficient (Wildman–Crippen LogP) is 3.06. The van der Waals surface area contributed by atoms with E-state index in [0.29, 0.717) is 10.7 Å². The molecular weight excluding hydrogens is 210 g/mol. The van der Waals surface area contributed by atoms with Crippen LogP contribution >= 0.6 is 11.6 Å². The van der Waals surface area contributed by atoms with E-state index in [1.807, 2.05) is 18.2 Å². The maximum atomic E-state index is 6.02. The van der Waals surface area contributed by atoms with Gasteiger partial charge in [0.05, 0.1) is 16.4 Å². The van der Waals surface area contributed by atoms with Crippen LogP contribution in [0.15, 0.2) is 42.7 Å². The van der Waals surface area contributed by atoms with E-state index in [0.717, 1.165) is 11.4 Å². The van der Waals surface area contributed by atoms with Crippen LogP contribution in [0.3, 0.4) is 0 Å². The SMILES string of the molecule is Nc1cccc(Cl)c1Nc1ccncc1. The molecule has 3 nitrogen and oxygen atoms in total. The molecule has 0 saturated carbocycles. The first-order valence-electron chi connectivity index (χ1n) is 4.48. The van der Waals surface area contributed by atoms with Gasteiger partial charge in [-0.1, -0.05) is 17.7 Å². The third-order valence-electron chi connectivity index (χ3n) is 2.00. The summed E-state index contributed by atoms with van der Waals surface area (Å²) in [6, 6.07) is 9.11. The summed E-state index contributed by atoms with van der Waals surface area (Å²) in [4.78, 5) is 3.93. The number of nitrogen functional groups attached to an aromatic ring is 1. The Labute approximate surface area is 92.9 Å². The van der Waals surface area contributed by atoms with Crippen LogP contribution in [0.1, 0.15) is 0 Å². The Morgan fingerprint density at radius 3 is 2.53 bits per heavy atom. The number of halogens is 1. The number of aromatic nitrogens is 1. The second kappa shape index (κ2) is 4.19. The fourth-order valence-electron chi connectivity index (χ4n) is 1.25. The minimum Gasteiger partial charge on any atom is -0.397 e. The number of hydrogen-bond acceptors (Lipinski definition) is 3. The van der Waals surface area contributed by atoms with Gasteiger partial charge in [0, 0.05) is 18.1 Å². The van der Waals surface area contributed by atoms with E-state index in [2.05, 4.69) is 10.3 Å². The normalized spacial score (nSPS) is 9.93. The van der Waals surface area contributed by atoms with Crippen molar-refractivity contribution < 1.29 is 0 Å². The molecule has 2 aromatic rings. The van der Waals surface area contributed by atoms with Gasteiger partial charge in [-0.25, -0.2) is 0 Å². The standard InChI is InChI=1S/C11H10ClN3/c12-9-2-1-3-10(13)11(9)15-8-4-6-14-7-5-8/h1-7H,13H2,(H,14,15). The molecule has 0 bridgehead atoms. The lowest BCUT2D eigenvalue weighted by Crippen LogP contribution is -1.96. The molecule has 1 heterocycles. The Hall–Kier alpha value is -1.74. The summed E-state index contributed by atoms with van der Waals surface area (Å²) >= 11 is 6.02. The molecule has 0 aliphatic rings. The zero-order valence-corrected chi connectivity index (χ0v) is 8.70. The Morgan fingerprint density at radius 2 is 1.87 bits per heavy atom. The highest BCUT2D eigenvalue weighted by atomic mass is 35.5. The van der Waals surface area contributed by atoms with E-state index < -0.39 is 0 Å². The average molecular weight is 220 g/mol. The van der Waals surface area contributed by atoms with Crippen LogP contribution in [0, 0.1) is 0 Å². The number of anilines is 3. The highest BCUT2D eigenvalue weighted by molar-refractivity contribution is 6.34. The minimum absolute atomic E-state index is 0.604. The van der Waals surface area contributed by atoms with Gasteiger partial charge >= 0.3 is 0 Å². The Kier molecular flexibility index (Phi) is 2.74. The largest absolute Gasteiger partial charge is 0.397 e. The smallest absolute Gasteiger partial charge is 0.0807 e. The summed E-state index contributed by atoms with van der Waals surface area (Å²) in [5.41, 5.74) is 8.07. The van der Waals surface area contributed by atoms with Crippen LogP contribution in [-0.2, 0) is 0 Å². The maximum Gasteiger partial charge on any atom is 0.0807 e. The second-order valence-electron chi connectivity index (χ2n) is 3.06. The Balaban J connectivity index is 2.32. The number of nitrogens with one attached hydrogen (secondary N) is 1. The van der Waals surface area contributed by atoms with E-state index in [1.54, 1.807) is 24.5 Å². The van der Waals surface area contributed by atoms with E-state index in [9.17, 15) is 0 Å². The van der Waals surface area contributed by atoms with Gasteiger partial charge < -0.3 is 11.1 Å². The lowest BCUT2D eigenvalue weighted by molar-refractivity contribution is 1.32. The first-order chi connectivity index (χ1) is 7.27. The second-order valence-corrected chi connectivity index (χ2v) is 3.47. The predicted molar refractivity (Wildman–Crippen MR) is 63.4 cm³/mol. The summed E-state index contributed by atoms with van der Waals surface area (Å²) < 4.78 is 0. The molecule has 0 amide bonds. The number of nitrogens with two attached hydrogens (primary N) is 1. The molecule has 0 radical (unpaired) electrons. The highest BCUT2D eigenvalue weighted by Crippen LogP contribution is 2.30. The van der Waals surface area contributed by atoms with Crippen molar-refractivity contribution in [3.63, 3.8) is 0 Å². The molecule has 0 aliphatic carbocycles. The zero-order valence-electron chi connectivity index (χ0n) is 7.94. The van der Waals surface area contributed by atoms with Crippen molar-refractivity contribution >= 4 is 28.7 Å². The quantitative estimate of drug-likeness (QED) is 0.764. The minimum atomic E-state index is 0.604. The summed E-state index contributed by atoms with van der Waals surface area (Å²) in [5, 5.41) is 3.75. The molecule has 4 heteroatoms. The molecule has 1 aromatic carbocycles. The van der Waals surface area contributed by atoms with Gasteiger partial charge in [-0.3, -0.25) is 4.98 Å². The fourth-order valence-corrected chi connectivity index (χ4v) is 1.48. The molecule has 0 aliphatic heterocycles. The van der Waals surface area contributed by atoms with Gasteiger partial charge in [0.1, 0.15) is 0 Å². The van der Waals surface area contributed by atoms with E-state index in [-0.39, 0.29) is 0 Å². The molecule has 1 aromatic heterocycles. The summed E-state index contributed by atoms with van der Waals surface area (Å²) in [6.07, 6.45) is 3.41. The highest BCUT2D eigenvalue weighted by Gasteiger charge is 2.03. The van der Waals surface area contributed by atoms with Gasteiger partial charge in [0.15, 0.2) is 0 Å². The molecule has 15 heavy (non-hydrogen) atoms. The van der Waals surface area contributed by atoms with E-state index in [1.165, 1.54) is 0 Å². The van der Waals surface area contributed by atoms with Crippen molar-refractivity contribution in [2.24, 2.45) is 0 Å². The van der Waals surface area contributed by atoms with Gasteiger partial charge in [-0.15, -0.1) is 0 Å². The fraction of sp³-hybridized carbons (Fsp3) is 0. The van der Waals surface area contributed by atoms with Crippen molar-refractivity contribution in [1.29, 1.82) is 0 Å². The first kappa shape index (κ1) is 9.80. The number of hydrogen-bond donors (Lipinski definition) is 2. The summed E-state index contributed by atoms with van der Waals surface area (Å²) in [6.45, 7) is 0. The van der Waals surface area contributed by atoms with Crippen LogP contribution < -0.4 is 11.1 Å². The number of para-hydroxylation sites is 1. The van der Waals surface area contributed by atoms with Gasteiger partial charge in [-0.2, -0.15) is 0 Å². The van der Waals surface area contributed by atoms with Gasteiger partial charge in [-0.05, 0) is 24.3 Å². The maximum absolute atomic E-state index is 6.02. The molecule has 2 rings (SSSR count). The molecule has 3 N–H and O–H groups in total. The molecule has 0 fully saturated rings. The van der Waals surface area contributed by atoms with Crippen molar-refractivity contribution in [3.8, 4) is 0 Å². The number of rotatable bonds is 2. The van der Waals surface area contributed by atoms with Crippen molar-refractivity contribution in [2.45, 2.75) is 0 Å². The van der Waals surface area contributed by atoms with E-state index in [4.69, 9.17) is 17.3 Å². The van der Waals surface area contributed by atoms with Crippen molar-refractivity contribution in [3.05, 3.63) is 47.7 Å². The monoisotopic (exact) mass is 219 g/mol. The first-order valence-corrected chi connectivity index (χ1v) is 4.86. The number of benzene rings is 1. The van der Waals surface area contributed by atoms with Gasteiger partial charge in [0.2, 0.25) is 0 Å². The third-order valence-corrected chi connectivity index (χ3v) is 2.31. The molecule has 0 atom stereocenters. The topological polar surface area (TPSA) is 50.9 Å². The lowest BCUT2D eigenvalue weighted by Gasteiger charge is -2.10. The third kappa shape index (κ3) is 2.19. The molecule has 0 spiro atoms. The van der Waals surface area contributed by atoms with Crippen LogP contribution in [-0.4, -0.2) is 4.98 Å². The number of pyridine rings is 1. The molecule has 76 valence electrons. The van der Waals surface area contributed by atoms with Gasteiger partial charge in [0.25, 0.3) is 0 Å². The molecule has 0 saturated heterocycles. The lowest BCUT2D eigenvalue weighted by atomic mass is 10.2. The average Bonchev–Trinajstić information content (AvgIpc) is 2.25. The summed E-state index contributed by atoms with van der Waals surface area (Å²) in [7, 11) is 0. The van der Waals surface area contributed by atoms with Crippen LogP contribution in [0.5, 0.6) is 0 Å². The van der Waals surface area contributed by atoms with Crippen LogP contribution in [0.4, 0.5) is 17.1 Å². The molecular formula is C11H10ClN3. The Morgan fingerprint density at radius 1 is 1.13 bits per heavy atom. The zero-order chi connectivity index (χ0) is 10.7.